The van der Waals surface area contributed by atoms with E-state index in [1.165, 1.54) is 33.1 Å². The lowest BCUT2D eigenvalue weighted by molar-refractivity contribution is 0.0699. The lowest BCUT2D eigenvalue weighted by Crippen LogP contribution is -2.50. The highest BCUT2D eigenvalue weighted by Gasteiger charge is 2.32. The summed E-state index contributed by atoms with van der Waals surface area (Å²) in [6.07, 6.45) is 0. The van der Waals surface area contributed by atoms with Gasteiger partial charge in [0.15, 0.2) is 0 Å². The Balaban J connectivity index is 1.58. The van der Waals surface area contributed by atoms with E-state index in [0.29, 0.717) is 16.5 Å². The van der Waals surface area contributed by atoms with E-state index in [9.17, 15) is 18.0 Å². The molecule has 0 radical (unpaired) electrons. The molecule has 0 unspecified atom stereocenters. The van der Waals surface area contributed by atoms with Crippen LogP contribution in [0.4, 0.5) is 0 Å². The Labute approximate surface area is 189 Å². The van der Waals surface area contributed by atoms with Crippen LogP contribution in [0, 0.1) is 0 Å². The van der Waals surface area contributed by atoms with Crippen molar-refractivity contribution in [3.63, 3.8) is 0 Å². The lowest BCUT2D eigenvalue weighted by atomic mass is 10.1. The van der Waals surface area contributed by atoms with E-state index >= 15 is 0 Å². The Kier molecular flexibility index (Phi) is 5.83. The number of aryl methyl sites for hydroxylation is 1. The second-order valence-electron chi connectivity index (χ2n) is 7.22. The van der Waals surface area contributed by atoms with Crippen LogP contribution in [0.2, 0.25) is 10.0 Å². The smallest absolute Gasteiger partial charge is 0.254 e. The number of rotatable bonds is 3. The Bertz CT molecular complexity index is 1350. The van der Waals surface area contributed by atoms with E-state index in [4.69, 9.17) is 23.2 Å². The van der Waals surface area contributed by atoms with Crippen molar-refractivity contribution in [2.24, 2.45) is 7.05 Å². The van der Waals surface area contributed by atoms with Gasteiger partial charge in [0.25, 0.3) is 11.5 Å². The number of para-hydroxylation sites is 1. The maximum Gasteiger partial charge on any atom is 0.254 e. The van der Waals surface area contributed by atoms with Gasteiger partial charge in [-0.3, -0.25) is 9.59 Å². The summed E-state index contributed by atoms with van der Waals surface area (Å²) in [4.78, 5) is 27.0. The highest BCUT2D eigenvalue weighted by molar-refractivity contribution is 7.89. The predicted molar refractivity (Wildman–Crippen MR) is 120 cm³/mol. The number of sulfonamides is 1. The number of nitrogens with zero attached hydrogens (tertiary/aromatic N) is 3. The number of amides is 1. The van der Waals surface area contributed by atoms with Gasteiger partial charge in [-0.2, -0.15) is 4.31 Å². The minimum Gasteiger partial charge on any atom is -0.336 e. The minimum atomic E-state index is -3.85. The monoisotopic (exact) mass is 479 g/mol. The van der Waals surface area contributed by atoms with Crippen LogP contribution in [0.15, 0.2) is 58.2 Å². The second-order valence-corrected chi connectivity index (χ2v) is 9.91. The molecular weight excluding hydrogens is 461 g/mol. The number of pyridine rings is 1. The average Bonchev–Trinajstić information content (AvgIpc) is 2.77. The van der Waals surface area contributed by atoms with E-state index in [0.717, 1.165) is 0 Å². The van der Waals surface area contributed by atoms with Crippen molar-refractivity contribution in [2.45, 2.75) is 4.90 Å². The van der Waals surface area contributed by atoms with Gasteiger partial charge in [-0.25, -0.2) is 8.42 Å². The molecular formula is C21H19Cl2N3O4S. The van der Waals surface area contributed by atoms with Crippen LogP contribution in [-0.4, -0.2) is 54.3 Å². The highest BCUT2D eigenvalue weighted by Crippen LogP contribution is 2.31. The summed E-state index contributed by atoms with van der Waals surface area (Å²) in [6.45, 7) is 0.610. The van der Waals surface area contributed by atoms with Gasteiger partial charge in [-0.05, 0) is 18.2 Å². The summed E-state index contributed by atoms with van der Waals surface area (Å²) in [6, 6.07) is 13.0. The first-order valence-corrected chi connectivity index (χ1v) is 11.7. The van der Waals surface area contributed by atoms with Crippen molar-refractivity contribution in [3.05, 3.63) is 74.5 Å². The molecule has 1 aromatic heterocycles. The molecule has 162 valence electrons. The van der Waals surface area contributed by atoms with Crippen molar-refractivity contribution in [3.8, 4) is 0 Å². The first kappa shape index (κ1) is 21.8. The van der Waals surface area contributed by atoms with Crippen LogP contribution in [0.5, 0.6) is 0 Å². The summed E-state index contributed by atoms with van der Waals surface area (Å²) >= 11 is 12.1. The van der Waals surface area contributed by atoms with E-state index in [1.54, 1.807) is 30.1 Å². The number of hydrogen-bond donors (Lipinski definition) is 0. The minimum absolute atomic E-state index is 0.0192. The fourth-order valence-corrected chi connectivity index (χ4v) is 5.87. The van der Waals surface area contributed by atoms with Crippen molar-refractivity contribution in [2.75, 3.05) is 26.2 Å². The molecule has 3 aromatic rings. The number of aromatic nitrogens is 1. The molecule has 1 saturated heterocycles. The molecule has 0 spiro atoms. The zero-order valence-corrected chi connectivity index (χ0v) is 18.9. The summed E-state index contributed by atoms with van der Waals surface area (Å²) < 4.78 is 28.8. The maximum atomic E-state index is 13.2. The van der Waals surface area contributed by atoms with Crippen LogP contribution < -0.4 is 5.56 Å². The largest absolute Gasteiger partial charge is 0.336 e. The molecule has 1 aliphatic heterocycles. The Morgan fingerprint density at radius 2 is 1.65 bits per heavy atom. The van der Waals surface area contributed by atoms with E-state index in [1.807, 2.05) is 6.07 Å². The molecule has 2 aromatic carbocycles. The number of fused-ring (bicyclic) bond motifs is 1. The molecule has 31 heavy (non-hydrogen) atoms. The molecule has 2 heterocycles. The third kappa shape index (κ3) is 3.85. The van der Waals surface area contributed by atoms with Gasteiger partial charge < -0.3 is 9.47 Å². The number of hydrogen-bond acceptors (Lipinski definition) is 4. The van der Waals surface area contributed by atoms with E-state index < -0.39 is 10.0 Å². The van der Waals surface area contributed by atoms with Gasteiger partial charge in [0, 0.05) is 44.7 Å². The Morgan fingerprint density at radius 1 is 0.968 bits per heavy atom. The molecule has 1 aliphatic rings. The van der Waals surface area contributed by atoms with Gasteiger partial charge in [-0.1, -0.05) is 47.5 Å². The number of carbonyl (C=O) groups is 1. The van der Waals surface area contributed by atoms with E-state index in [-0.39, 0.29) is 52.6 Å². The normalized spacial score (nSPS) is 15.4. The van der Waals surface area contributed by atoms with Gasteiger partial charge in [-0.15, -0.1) is 0 Å². The van der Waals surface area contributed by atoms with Crippen LogP contribution in [0.1, 0.15) is 10.4 Å². The summed E-state index contributed by atoms with van der Waals surface area (Å²) in [5, 5.41) is 0.818. The predicted octanol–water partition coefficient (Wildman–Crippen LogP) is 2.99. The molecule has 0 saturated carbocycles. The molecule has 10 heteroatoms. The summed E-state index contributed by atoms with van der Waals surface area (Å²) in [5.74, 6) is -0.299. The van der Waals surface area contributed by atoms with Crippen molar-refractivity contribution in [1.29, 1.82) is 0 Å². The Hall–Kier alpha value is -2.39. The SMILES string of the molecule is Cn1c(=O)cc(C(=O)N2CCN(S(=O)(=O)c3cccc(Cl)c3Cl)CC2)c2ccccc21. The molecule has 7 nitrogen and oxygen atoms in total. The summed E-state index contributed by atoms with van der Waals surface area (Å²) in [7, 11) is -2.19. The van der Waals surface area contributed by atoms with Crippen LogP contribution in [0.3, 0.4) is 0 Å². The molecule has 0 atom stereocenters. The topological polar surface area (TPSA) is 79.7 Å². The second kappa shape index (κ2) is 8.27. The van der Waals surface area contributed by atoms with Crippen LogP contribution >= 0.6 is 23.2 Å². The standard InChI is InChI=1S/C21H19Cl2N3O4S/c1-24-17-7-3-2-5-14(17)15(13-19(24)27)21(28)25-9-11-26(12-10-25)31(29,30)18-8-4-6-16(22)20(18)23/h2-8,13H,9-12H2,1H3. The zero-order chi connectivity index (χ0) is 22.3. The number of carbonyl (C=O) groups excluding carboxylic acids is 1. The highest BCUT2D eigenvalue weighted by atomic mass is 35.5. The fraction of sp³-hybridized carbons (Fsp3) is 0.238. The average molecular weight is 480 g/mol. The third-order valence-electron chi connectivity index (χ3n) is 5.44. The van der Waals surface area contributed by atoms with Gasteiger partial charge >= 0.3 is 0 Å². The fourth-order valence-electron chi connectivity index (χ4n) is 3.71. The van der Waals surface area contributed by atoms with Crippen molar-refractivity contribution >= 4 is 50.0 Å². The first-order valence-electron chi connectivity index (χ1n) is 9.54. The summed E-state index contributed by atoms with van der Waals surface area (Å²) in [5.41, 5.74) is 0.696. The molecule has 0 N–H and O–H groups in total. The van der Waals surface area contributed by atoms with Gasteiger partial charge in [0.2, 0.25) is 10.0 Å². The molecule has 4 rings (SSSR count). The van der Waals surface area contributed by atoms with E-state index in [2.05, 4.69) is 0 Å². The van der Waals surface area contributed by atoms with Crippen LogP contribution in [0.25, 0.3) is 10.9 Å². The first-order chi connectivity index (χ1) is 14.7. The molecule has 1 fully saturated rings. The zero-order valence-electron chi connectivity index (χ0n) is 16.6. The third-order valence-corrected chi connectivity index (χ3v) is 8.32. The van der Waals surface area contributed by atoms with Gasteiger partial charge in [0.1, 0.15) is 4.90 Å². The molecule has 0 bridgehead atoms. The quantitative estimate of drug-likeness (QED) is 0.578. The number of benzene rings is 2. The van der Waals surface area contributed by atoms with Crippen molar-refractivity contribution in [1.82, 2.24) is 13.8 Å². The van der Waals surface area contributed by atoms with Crippen molar-refractivity contribution < 1.29 is 13.2 Å². The lowest BCUT2D eigenvalue weighted by Gasteiger charge is -2.34. The Morgan fingerprint density at radius 3 is 2.35 bits per heavy atom. The van der Waals surface area contributed by atoms with Gasteiger partial charge in [0.05, 0.1) is 21.1 Å². The maximum absolute atomic E-state index is 13.2. The molecule has 1 amide bonds. The number of halogens is 2. The number of piperazine rings is 1. The van der Waals surface area contributed by atoms with Crippen LogP contribution in [-0.2, 0) is 17.1 Å². The molecule has 0 aliphatic carbocycles.